The van der Waals surface area contributed by atoms with Gasteiger partial charge in [0.1, 0.15) is 0 Å². The second-order valence-electron chi connectivity index (χ2n) is 6.50. The summed E-state index contributed by atoms with van der Waals surface area (Å²) in [6.45, 7) is 0.845. The molecule has 0 saturated carbocycles. The number of nitrogens with zero attached hydrogens (tertiary/aromatic N) is 2. The molecule has 1 aliphatic heterocycles. The highest BCUT2D eigenvalue weighted by Gasteiger charge is 2.34. The summed E-state index contributed by atoms with van der Waals surface area (Å²) in [5, 5.41) is 2.27. The highest BCUT2D eigenvalue weighted by atomic mass is 19.4. The van der Waals surface area contributed by atoms with Crippen LogP contribution in [0.3, 0.4) is 0 Å². The number of nitrogens with one attached hydrogen (secondary N) is 1. The van der Waals surface area contributed by atoms with Crippen LogP contribution in [0.5, 0.6) is 0 Å². The number of rotatable bonds is 2. The molecular formula is C19H17F6N3O. The summed E-state index contributed by atoms with van der Waals surface area (Å²) in [4.78, 5) is 15.4. The van der Waals surface area contributed by atoms with Gasteiger partial charge in [0.2, 0.25) is 0 Å². The topological polar surface area (TPSA) is 35.6 Å². The van der Waals surface area contributed by atoms with Crippen LogP contribution in [0.4, 0.5) is 42.5 Å². The van der Waals surface area contributed by atoms with Crippen LogP contribution in [0.1, 0.15) is 11.1 Å². The summed E-state index contributed by atoms with van der Waals surface area (Å²) in [5.74, 6) is 0. The van der Waals surface area contributed by atoms with Crippen LogP contribution in [0.25, 0.3) is 0 Å². The number of benzene rings is 2. The van der Waals surface area contributed by atoms with Crippen LogP contribution in [-0.2, 0) is 12.4 Å². The lowest BCUT2D eigenvalue weighted by molar-refractivity contribution is -0.138. The zero-order chi connectivity index (χ0) is 21.2. The van der Waals surface area contributed by atoms with Gasteiger partial charge in [0.15, 0.2) is 0 Å². The number of para-hydroxylation sites is 1. The zero-order valence-corrected chi connectivity index (χ0v) is 15.0. The summed E-state index contributed by atoms with van der Waals surface area (Å²) in [5.41, 5.74) is -1.68. The van der Waals surface area contributed by atoms with Crippen molar-refractivity contribution < 1.29 is 31.1 Å². The predicted octanol–water partition coefficient (Wildman–Crippen LogP) is 5.08. The van der Waals surface area contributed by atoms with Crippen LogP contribution in [-0.4, -0.2) is 37.1 Å². The molecular weight excluding hydrogens is 400 g/mol. The monoisotopic (exact) mass is 417 g/mol. The molecule has 1 N–H and O–H groups in total. The molecule has 0 bridgehead atoms. The number of halogens is 6. The Labute approximate surface area is 162 Å². The van der Waals surface area contributed by atoms with Crippen LogP contribution in [0, 0.1) is 0 Å². The Morgan fingerprint density at radius 1 is 0.828 bits per heavy atom. The number of carbonyl (C=O) groups excluding carboxylic acids is 1. The lowest BCUT2D eigenvalue weighted by Crippen LogP contribution is -2.50. The van der Waals surface area contributed by atoms with Gasteiger partial charge in [-0.3, -0.25) is 0 Å². The Morgan fingerprint density at radius 2 is 1.48 bits per heavy atom. The average Bonchev–Trinajstić information content (AvgIpc) is 2.67. The van der Waals surface area contributed by atoms with Gasteiger partial charge in [-0.15, -0.1) is 0 Å². The maximum Gasteiger partial charge on any atom is 0.418 e. The molecule has 0 atom stereocenters. The highest BCUT2D eigenvalue weighted by Crippen LogP contribution is 2.35. The lowest BCUT2D eigenvalue weighted by atomic mass is 10.1. The minimum absolute atomic E-state index is 0.163. The molecule has 1 aliphatic rings. The Morgan fingerprint density at radius 3 is 2.10 bits per heavy atom. The average molecular weight is 417 g/mol. The number of amides is 2. The SMILES string of the molecule is O=C(Nc1ccccc1C(F)(F)F)N1CCN(c2cccc(C(F)(F)F)c2)CC1. The molecule has 156 valence electrons. The number of piperazine rings is 1. The van der Waals surface area contributed by atoms with Gasteiger partial charge in [-0.2, -0.15) is 26.3 Å². The van der Waals surface area contributed by atoms with E-state index in [4.69, 9.17) is 0 Å². The molecule has 3 rings (SSSR count). The number of alkyl halides is 6. The van der Waals surface area contributed by atoms with E-state index in [0.717, 1.165) is 18.2 Å². The number of hydrogen-bond donors (Lipinski definition) is 1. The minimum Gasteiger partial charge on any atom is -0.368 e. The molecule has 2 aromatic carbocycles. The molecule has 0 unspecified atom stereocenters. The van der Waals surface area contributed by atoms with Crippen LogP contribution in [0.2, 0.25) is 0 Å². The molecule has 1 saturated heterocycles. The van der Waals surface area contributed by atoms with Crippen LogP contribution < -0.4 is 10.2 Å². The minimum atomic E-state index is -4.61. The first kappa shape index (κ1) is 20.8. The number of urea groups is 1. The molecule has 0 aliphatic carbocycles. The van der Waals surface area contributed by atoms with Gasteiger partial charge in [0, 0.05) is 31.9 Å². The number of anilines is 2. The molecule has 0 spiro atoms. The molecule has 2 aromatic rings. The lowest BCUT2D eigenvalue weighted by Gasteiger charge is -2.36. The van der Waals surface area contributed by atoms with Gasteiger partial charge >= 0.3 is 18.4 Å². The van der Waals surface area contributed by atoms with E-state index in [1.165, 1.54) is 29.2 Å². The van der Waals surface area contributed by atoms with E-state index in [2.05, 4.69) is 5.32 Å². The molecule has 1 heterocycles. The fourth-order valence-electron chi connectivity index (χ4n) is 3.08. The van der Waals surface area contributed by atoms with Crippen molar-refractivity contribution in [3.05, 3.63) is 59.7 Å². The van der Waals surface area contributed by atoms with E-state index >= 15 is 0 Å². The fraction of sp³-hybridized carbons (Fsp3) is 0.316. The van der Waals surface area contributed by atoms with E-state index in [-0.39, 0.29) is 31.9 Å². The van der Waals surface area contributed by atoms with Crippen molar-refractivity contribution in [2.24, 2.45) is 0 Å². The number of carbonyl (C=O) groups is 1. The normalized spacial score (nSPS) is 15.4. The second-order valence-corrected chi connectivity index (χ2v) is 6.50. The first-order valence-corrected chi connectivity index (χ1v) is 8.70. The Hall–Kier alpha value is -2.91. The quantitative estimate of drug-likeness (QED) is 0.692. The molecule has 2 amide bonds. The van der Waals surface area contributed by atoms with Gasteiger partial charge in [-0.1, -0.05) is 18.2 Å². The van der Waals surface area contributed by atoms with Gasteiger partial charge in [0.05, 0.1) is 16.8 Å². The van der Waals surface area contributed by atoms with Crippen molar-refractivity contribution in [3.8, 4) is 0 Å². The van der Waals surface area contributed by atoms with Crippen molar-refractivity contribution in [1.29, 1.82) is 0 Å². The third-order valence-corrected chi connectivity index (χ3v) is 4.58. The zero-order valence-electron chi connectivity index (χ0n) is 15.0. The maximum atomic E-state index is 13.0. The van der Waals surface area contributed by atoms with E-state index in [1.807, 2.05) is 0 Å². The summed E-state index contributed by atoms with van der Waals surface area (Å²) in [6.07, 6.45) is -9.06. The summed E-state index contributed by atoms with van der Waals surface area (Å²) in [7, 11) is 0. The molecule has 1 fully saturated rings. The van der Waals surface area contributed by atoms with Gasteiger partial charge in [-0.25, -0.2) is 4.79 Å². The standard InChI is InChI=1S/C19H17F6N3O/c20-18(21,22)13-4-3-5-14(12-13)27-8-10-28(11-9-27)17(29)26-16-7-2-1-6-15(16)19(23,24)25/h1-7,12H,8-11H2,(H,26,29). The third kappa shape index (κ3) is 4.93. The highest BCUT2D eigenvalue weighted by molar-refractivity contribution is 5.90. The summed E-state index contributed by atoms with van der Waals surface area (Å²) >= 11 is 0. The summed E-state index contributed by atoms with van der Waals surface area (Å²) in [6, 6.07) is 8.84. The largest absolute Gasteiger partial charge is 0.418 e. The van der Waals surface area contributed by atoms with Crippen LogP contribution in [0.15, 0.2) is 48.5 Å². The molecule has 29 heavy (non-hydrogen) atoms. The van der Waals surface area contributed by atoms with Gasteiger partial charge in [-0.05, 0) is 30.3 Å². The van der Waals surface area contributed by atoms with E-state index in [1.54, 1.807) is 11.0 Å². The Balaban J connectivity index is 1.64. The van der Waals surface area contributed by atoms with Crippen molar-refractivity contribution in [2.45, 2.75) is 12.4 Å². The third-order valence-electron chi connectivity index (χ3n) is 4.58. The fourth-order valence-corrected chi connectivity index (χ4v) is 3.08. The van der Waals surface area contributed by atoms with E-state index in [0.29, 0.717) is 5.69 Å². The predicted molar refractivity (Wildman–Crippen MR) is 95.7 cm³/mol. The second kappa shape index (κ2) is 7.84. The molecule has 10 heteroatoms. The summed E-state index contributed by atoms with van der Waals surface area (Å²) < 4.78 is 77.7. The molecule has 4 nitrogen and oxygen atoms in total. The number of hydrogen-bond acceptors (Lipinski definition) is 2. The van der Waals surface area contributed by atoms with Crippen molar-refractivity contribution >= 4 is 17.4 Å². The Kier molecular flexibility index (Phi) is 5.63. The smallest absolute Gasteiger partial charge is 0.368 e. The Bertz CT molecular complexity index is 873. The van der Waals surface area contributed by atoms with Gasteiger partial charge in [0.25, 0.3) is 0 Å². The first-order chi connectivity index (χ1) is 13.6. The van der Waals surface area contributed by atoms with E-state index in [9.17, 15) is 31.1 Å². The van der Waals surface area contributed by atoms with Crippen molar-refractivity contribution in [1.82, 2.24) is 4.90 Å². The van der Waals surface area contributed by atoms with Gasteiger partial charge < -0.3 is 15.1 Å². The maximum absolute atomic E-state index is 13.0. The van der Waals surface area contributed by atoms with E-state index < -0.39 is 29.5 Å². The molecule has 0 radical (unpaired) electrons. The van der Waals surface area contributed by atoms with Crippen molar-refractivity contribution in [2.75, 3.05) is 36.4 Å². The first-order valence-electron chi connectivity index (χ1n) is 8.70. The van der Waals surface area contributed by atoms with Crippen molar-refractivity contribution in [3.63, 3.8) is 0 Å². The molecule has 0 aromatic heterocycles. The van der Waals surface area contributed by atoms with Crippen LogP contribution >= 0.6 is 0 Å².